The Labute approximate surface area is 97.6 Å². The largest absolute Gasteiger partial charge is 0.384 e. The van der Waals surface area contributed by atoms with Gasteiger partial charge in [-0.2, -0.15) is 0 Å². The van der Waals surface area contributed by atoms with Crippen LogP contribution in [0.2, 0.25) is 0 Å². The van der Waals surface area contributed by atoms with E-state index in [1.807, 2.05) is 0 Å². The summed E-state index contributed by atoms with van der Waals surface area (Å²) in [5.74, 6) is 0. The third-order valence-electron chi connectivity index (χ3n) is 3.79. The third kappa shape index (κ3) is 2.07. The molecule has 0 saturated carbocycles. The van der Waals surface area contributed by atoms with Crippen LogP contribution in [-0.4, -0.2) is 31.1 Å². The van der Waals surface area contributed by atoms with Crippen molar-refractivity contribution >= 4 is 5.69 Å². The van der Waals surface area contributed by atoms with Crippen molar-refractivity contribution in [2.45, 2.75) is 25.7 Å². The van der Waals surface area contributed by atoms with Crippen LogP contribution in [-0.2, 0) is 12.8 Å². The minimum absolute atomic E-state index is 1.12. The zero-order valence-electron chi connectivity index (χ0n) is 9.84. The molecular formula is C14H20N2. The standard InChI is InChI=1S/C14H20N2/c1-2-9-16(8-1)10-6-12-3-4-14-13(11-12)5-7-15-14/h3-4,11,15H,1-2,5-10H2. The van der Waals surface area contributed by atoms with Gasteiger partial charge < -0.3 is 10.2 Å². The summed E-state index contributed by atoms with van der Waals surface area (Å²) in [5.41, 5.74) is 4.37. The summed E-state index contributed by atoms with van der Waals surface area (Å²) in [6.07, 6.45) is 5.21. The Bertz CT molecular complexity index is 367. The average Bonchev–Trinajstić information content (AvgIpc) is 2.97. The van der Waals surface area contributed by atoms with Crippen LogP contribution in [0.1, 0.15) is 24.0 Å². The van der Waals surface area contributed by atoms with Crippen LogP contribution in [0.25, 0.3) is 0 Å². The highest BCUT2D eigenvalue weighted by molar-refractivity contribution is 5.56. The van der Waals surface area contributed by atoms with E-state index >= 15 is 0 Å². The molecule has 2 aliphatic rings. The van der Waals surface area contributed by atoms with Crippen LogP contribution in [0.5, 0.6) is 0 Å². The van der Waals surface area contributed by atoms with Crippen molar-refractivity contribution in [1.29, 1.82) is 0 Å². The van der Waals surface area contributed by atoms with Crippen LogP contribution < -0.4 is 5.32 Å². The van der Waals surface area contributed by atoms with Crippen molar-refractivity contribution in [2.24, 2.45) is 0 Å². The highest BCUT2D eigenvalue weighted by Crippen LogP contribution is 2.23. The lowest BCUT2D eigenvalue weighted by molar-refractivity contribution is 0.343. The Morgan fingerprint density at radius 1 is 1.19 bits per heavy atom. The molecule has 1 N–H and O–H groups in total. The summed E-state index contributed by atoms with van der Waals surface area (Å²) < 4.78 is 0. The molecule has 0 radical (unpaired) electrons. The lowest BCUT2D eigenvalue weighted by Crippen LogP contribution is -2.21. The van der Waals surface area contributed by atoms with Gasteiger partial charge in [-0.15, -0.1) is 0 Å². The van der Waals surface area contributed by atoms with Crippen molar-refractivity contribution in [2.75, 3.05) is 31.5 Å². The average molecular weight is 216 g/mol. The van der Waals surface area contributed by atoms with E-state index in [9.17, 15) is 0 Å². The summed E-state index contributed by atoms with van der Waals surface area (Å²) in [4.78, 5) is 2.59. The number of benzene rings is 1. The number of hydrogen-bond acceptors (Lipinski definition) is 2. The van der Waals surface area contributed by atoms with Gasteiger partial charge in [-0.25, -0.2) is 0 Å². The molecule has 0 bridgehead atoms. The lowest BCUT2D eigenvalue weighted by Gasteiger charge is -2.14. The number of rotatable bonds is 3. The van der Waals surface area contributed by atoms with E-state index in [0.29, 0.717) is 0 Å². The Morgan fingerprint density at radius 2 is 2.06 bits per heavy atom. The third-order valence-corrected chi connectivity index (χ3v) is 3.79. The van der Waals surface area contributed by atoms with Crippen molar-refractivity contribution in [1.82, 2.24) is 4.90 Å². The minimum Gasteiger partial charge on any atom is -0.384 e. The van der Waals surface area contributed by atoms with Crippen molar-refractivity contribution in [3.63, 3.8) is 0 Å². The Morgan fingerprint density at radius 3 is 2.94 bits per heavy atom. The normalized spacial score (nSPS) is 19.8. The molecule has 0 amide bonds. The van der Waals surface area contributed by atoms with E-state index in [1.54, 1.807) is 0 Å². The Hall–Kier alpha value is -1.02. The molecule has 1 fully saturated rings. The van der Waals surface area contributed by atoms with Crippen LogP contribution in [0.15, 0.2) is 18.2 Å². The number of hydrogen-bond donors (Lipinski definition) is 1. The molecule has 1 aromatic carbocycles. The maximum atomic E-state index is 3.41. The van der Waals surface area contributed by atoms with E-state index in [-0.39, 0.29) is 0 Å². The zero-order chi connectivity index (χ0) is 10.8. The Balaban J connectivity index is 1.61. The van der Waals surface area contributed by atoms with Gasteiger partial charge in [-0.1, -0.05) is 12.1 Å². The molecule has 0 atom stereocenters. The molecule has 0 aliphatic carbocycles. The van der Waals surface area contributed by atoms with Crippen molar-refractivity contribution in [3.8, 4) is 0 Å². The molecule has 2 aliphatic heterocycles. The van der Waals surface area contributed by atoms with Gasteiger partial charge in [0.1, 0.15) is 0 Å². The van der Waals surface area contributed by atoms with Gasteiger partial charge in [0.05, 0.1) is 0 Å². The summed E-state index contributed by atoms with van der Waals surface area (Å²) >= 11 is 0. The maximum Gasteiger partial charge on any atom is 0.0373 e. The first-order chi connectivity index (χ1) is 7.92. The van der Waals surface area contributed by atoms with Gasteiger partial charge in [0, 0.05) is 18.8 Å². The van der Waals surface area contributed by atoms with E-state index < -0.39 is 0 Å². The maximum absolute atomic E-state index is 3.41. The number of fused-ring (bicyclic) bond motifs is 1. The fourth-order valence-corrected chi connectivity index (χ4v) is 2.81. The molecule has 0 aromatic heterocycles. The SMILES string of the molecule is c1cc2c(cc1CCN1CCCC1)CCN2. The van der Waals surface area contributed by atoms with Crippen LogP contribution in [0, 0.1) is 0 Å². The summed E-state index contributed by atoms with van der Waals surface area (Å²) in [7, 11) is 0. The van der Waals surface area contributed by atoms with Gasteiger partial charge in [-0.05, 0) is 56.0 Å². The monoisotopic (exact) mass is 216 g/mol. The van der Waals surface area contributed by atoms with Gasteiger partial charge in [0.15, 0.2) is 0 Å². The quantitative estimate of drug-likeness (QED) is 0.834. The number of nitrogens with one attached hydrogen (secondary N) is 1. The topological polar surface area (TPSA) is 15.3 Å². The van der Waals surface area contributed by atoms with Gasteiger partial charge in [0.2, 0.25) is 0 Å². The first-order valence-electron chi connectivity index (χ1n) is 6.50. The molecule has 3 rings (SSSR count). The van der Waals surface area contributed by atoms with E-state index in [2.05, 4.69) is 28.4 Å². The van der Waals surface area contributed by atoms with Gasteiger partial charge in [-0.3, -0.25) is 0 Å². The van der Waals surface area contributed by atoms with Crippen LogP contribution in [0.4, 0.5) is 5.69 Å². The van der Waals surface area contributed by atoms with E-state index in [1.165, 1.54) is 62.1 Å². The fourth-order valence-electron chi connectivity index (χ4n) is 2.81. The number of likely N-dealkylation sites (tertiary alicyclic amines) is 1. The van der Waals surface area contributed by atoms with Crippen LogP contribution >= 0.6 is 0 Å². The second-order valence-electron chi connectivity index (χ2n) is 4.97. The predicted octanol–water partition coefficient (Wildman–Crippen LogP) is 2.29. The summed E-state index contributed by atoms with van der Waals surface area (Å²) in [6, 6.07) is 6.93. The lowest BCUT2D eigenvalue weighted by atomic mass is 10.1. The second kappa shape index (κ2) is 4.46. The van der Waals surface area contributed by atoms with Gasteiger partial charge in [0.25, 0.3) is 0 Å². The highest BCUT2D eigenvalue weighted by atomic mass is 15.1. The van der Waals surface area contributed by atoms with E-state index in [0.717, 1.165) is 6.54 Å². The van der Waals surface area contributed by atoms with E-state index in [4.69, 9.17) is 0 Å². The minimum atomic E-state index is 1.12. The molecule has 86 valence electrons. The second-order valence-corrected chi connectivity index (χ2v) is 4.97. The molecule has 1 aromatic rings. The number of anilines is 1. The molecule has 2 nitrogen and oxygen atoms in total. The first-order valence-corrected chi connectivity index (χ1v) is 6.50. The van der Waals surface area contributed by atoms with Gasteiger partial charge >= 0.3 is 0 Å². The molecular weight excluding hydrogens is 196 g/mol. The summed E-state index contributed by atoms with van der Waals surface area (Å²) in [5, 5.41) is 3.41. The number of nitrogens with zero attached hydrogens (tertiary/aromatic N) is 1. The first kappa shape index (κ1) is 10.2. The molecule has 2 heteroatoms. The van der Waals surface area contributed by atoms with Crippen molar-refractivity contribution < 1.29 is 0 Å². The van der Waals surface area contributed by atoms with Crippen LogP contribution in [0.3, 0.4) is 0 Å². The highest BCUT2D eigenvalue weighted by Gasteiger charge is 2.12. The zero-order valence-corrected chi connectivity index (χ0v) is 9.84. The predicted molar refractivity (Wildman–Crippen MR) is 68.0 cm³/mol. The summed E-state index contributed by atoms with van der Waals surface area (Å²) in [6.45, 7) is 4.98. The molecule has 0 unspecified atom stereocenters. The molecule has 2 heterocycles. The fraction of sp³-hybridized carbons (Fsp3) is 0.571. The molecule has 0 spiro atoms. The molecule has 16 heavy (non-hydrogen) atoms. The van der Waals surface area contributed by atoms with Crippen molar-refractivity contribution in [3.05, 3.63) is 29.3 Å². The Kier molecular flexibility index (Phi) is 2.83. The smallest absolute Gasteiger partial charge is 0.0373 e. The molecule has 1 saturated heterocycles.